The Balaban J connectivity index is 2.12. The Bertz CT molecular complexity index is 1190. The van der Waals surface area contributed by atoms with Crippen molar-refractivity contribution in [2.24, 2.45) is 5.41 Å². The Kier molecular flexibility index (Phi) is 10.1. The number of hydrogen-bond acceptors (Lipinski definition) is 6. The van der Waals surface area contributed by atoms with Crippen molar-refractivity contribution in [1.29, 1.82) is 0 Å². The van der Waals surface area contributed by atoms with Crippen LogP contribution in [0.25, 0.3) is 6.08 Å². The molecule has 0 aliphatic heterocycles. The molecule has 0 spiro atoms. The number of aromatic hydroxyl groups is 1. The van der Waals surface area contributed by atoms with Crippen molar-refractivity contribution in [3.05, 3.63) is 75.5 Å². The van der Waals surface area contributed by atoms with E-state index in [0.29, 0.717) is 25.2 Å². The molecule has 1 aromatic heterocycles. The molecule has 0 radical (unpaired) electrons. The number of Topliss-reactive ketones (excluding diaryl/α,β-unsaturated/α-hetero) is 1. The van der Waals surface area contributed by atoms with Crippen LogP contribution in [0.2, 0.25) is 0 Å². The average molecular weight is 498 g/mol. The minimum atomic E-state index is -1.16. The van der Waals surface area contributed by atoms with Gasteiger partial charge in [-0.05, 0) is 60.9 Å². The summed E-state index contributed by atoms with van der Waals surface area (Å²) in [5.74, 6) is -0.367. The lowest BCUT2D eigenvalue weighted by molar-refractivity contribution is 0.102. The van der Waals surface area contributed by atoms with E-state index in [1.54, 1.807) is 26.0 Å². The molecule has 1 heterocycles. The number of hydrogen-bond donors (Lipinski definition) is 3. The normalized spacial score (nSPS) is 13.0. The maximum Gasteiger partial charge on any atom is 0.408 e. The van der Waals surface area contributed by atoms with Crippen LogP contribution in [0, 0.1) is 5.41 Å². The Morgan fingerprint density at radius 3 is 2.58 bits per heavy atom. The van der Waals surface area contributed by atoms with E-state index in [9.17, 15) is 19.5 Å². The molecule has 8 heteroatoms. The molecule has 3 N–H and O–H groups in total. The lowest BCUT2D eigenvalue weighted by atomic mass is 9.93. The van der Waals surface area contributed by atoms with Gasteiger partial charge in [0.1, 0.15) is 22.8 Å². The summed E-state index contributed by atoms with van der Waals surface area (Å²) in [7, 11) is 0. The first kappa shape index (κ1) is 28.4. The highest BCUT2D eigenvalue weighted by atomic mass is 16.5. The Labute approximate surface area is 211 Å². The molecule has 1 unspecified atom stereocenters. The number of rotatable bonds is 11. The zero-order valence-corrected chi connectivity index (χ0v) is 21.5. The van der Waals surface area contributed by atoms with E-state index in [-0.39, 0.29) is 22.7 Å². The van der Waals surface area contributed by atoms with Crippen molar-refractivity contribution in [2.45, 2.75) is 59.8 Å². The molecule has 0 saturated carbocycles. The van der Waals surface area contributed by atoms with Crippen molar-refractivity contribution in [3.63, 3.8) is 0 Å². The summed E-state index contributed by atoms with van der Waals surface area (Å²) >= 11 is 0. The molecule has 8 nitrogen and oxygen atoms in total. The number of ketones is 1. The van der Waals surface area contributed by atoms with Gasteiger partial charge in [-0.15, -0.1) is 0 Å². The third-order valence-electron chi connectivity index (χ3n) is 5.47. The van der Waals surface area contributed by atoms with Gasteiger partial charge in [0.2, 0.25) is 0 Å². The number of benzene rings is 1. The summed E-state index contributed by atoms with van der Waals surface area (Å²) in [6.45, 7) is 10.4. The molecule has 2 aromatic rings. The Hall–Kier alpha value is -3.81. The topological polar surface area (TPSA) is 126 Å². The summed E-state index contributed by atoms with van der Waals surface area (Å²) in [5, 5.41) is 21.1. The van der Waals surface area contributed by atoms with Gasteiger partial charge >= 0.3 is 11.7 Å². The number of allylic oxidation sites excluding steroid dienone is 2. The quantitative estimate of drug-likeness (QED) is 0.252. The highest BCUT2D eigenvalue weighted by Gasteiger charge is 2.22. The number of carbonyl (C=O) groups excluding carboxylic acids is 1. The molecule has 2 rings (SSSR count). The van der Waals surface area contributed by atoms with Crippen LogP contribution in [0.5, 0.6) is 11.5 Å². The molecule has 0 fully saturated rings. The fourth-order valence-corrected chi connectivity index (χ4v) is 3.33. The van der Waals surface area contributed by atoms with E-state index < -0.39 is 28.8 Å². The third kappa shape index (κ3) is 9.09. The molecular weight excluding hydrogens is 462 g/mol. The van der Waals surface area contributed by atoms with Gasteiger partial charge in [0.15, 0.2) is 5.78 Å². The standard InChI is InChI=1S/C28H35NO7/c1-18(9-6-7-13-29-27(33)34)23-17-22(30)24(26(32)36-23)25(31)19(2)15-20-10-8-11-21(16-20)35-14-12-28(3,4)5/h7-8,10-11,13,15-18,29-30H,6,9,12,14H2,1-5H3,(H,33,34)/b13-7?,19-15+. The Morgan fingerprint density at radius 2 is 1.94 bits per heavy atom. The number of ether oxygens (including phenoxy) is 1. The van der Waals surface area contributed by atoms with Gasteiger partial charge < -0.3 is 19.4 Å². The smallest absolute Gasteiger partial charge is 0.408 e. The number of carboxylic acid groups (broad SMARTS) is 1. The number of nitrogens with one attached hydrogen (secondary N) is 1. The maximum atomic E-state index is 13.0. The molecule has 1 aromatic carbocycles. The first-order valence-corrected chi connectivity index (χ1v) is 11.8. The van der Waals surface area contributed by atoms with Crippen LogP contribution in [-0.4, -0.2) is 28.7 Å². The summed E-state index contributed by atoms with van der Waals surface area (Å²) in [5.41, 5.74) is -0.164. The molecule has 0 saturated heterocycles. The largest absolute Gasteiger partial charge is 0.507 e. The van der Waals surface area contributed by atoms with E-state index >= 15 is 0 Å². The summed E-state index contributed by atoms with van der Waals surface area (Å²) in [6.07, 6.45) is 5.39. The second-order valence-electron chi connectivity index (χ2n) is 9.91. The van der Waals surface area contributed by atoms with Gasteiger partial charge in [-0.1, -0.05) is 45.9 Å². The van der Waals surface area contributed by atoms with E-state index in [1.807, 2.05) is 24.3 Å². The SMILES string of the molecule is C/C(=C\c1cccc(OCCC(C)(C)C)c1)C(=O)c1c(O)cc(C(C)CCC=CNC(=O)O)oc1=O. The third-order valence-corrected chi connectivity index (χ3v) is 5.47. The summed E-state index contributed by atoms with van der Waals surface area (Å²) < 4.78 is 11.2. The molecule has 36 heavy (non-hydrogen) atoms. The first-order valence-electron chi connectivity index (χ1n) is 11.8. The fraction of sp³-hybridized carbons (Fsp3) is 0.393. The minimum Gasteiger partial charge on any atom is -0.507 e. The van der Waals surface area contributed by atoms with Crippen molar-refractivity contribution in [2.75, 3.05) is 6.61 Å². The molecule has 0 aliphatic carbocycles. The fourth-order valence-electron chi connectivity index (χ4n) is 3.33. The lowest BCUT2D eigenvalue weighted by Crippen LogP contribution is -2.16. The predicted octanol–water partition coefficient (Wildman–Crippen LogP) is 6.11. The van der Waals surface area contributed by atoms with E-state index in [4.69, 9.17) is 14.3 Å². The zero-order chi connectivity index (χ0) is 26.9. The second kappa shape index (κ2) is 12.8. The monoisotopic (exact) mass is 497 g/mol. The van der Waals surface area contributed by atoms with Crippen molar-refractivity contribution in [3.8, 4) is 11.5 Å². The molecule has 0 bridgehead atoms. The molecule has 1 atom stereocenters. The van der Waals surface area contributed by atoms with Crippen LogP contribution in [0.4, 0.5) is 4.79 Å². The number of amides is 1. The lowest BCUT2D eigenvalue weighted by Gasteiger charge is -2.18. The van der Waals surface area contributed by atoms with Gasteiger partial charge in [0, 0.05) is 18.2 Å². The molecule has 194 valence electrons. The average Bonchev–Trinajstić information content (AvgIpc) is 2.77. The second-order valence-corrected chi connectivity index (χ2v) is 9.91. The van der Waals surface area contributed by atoms with Crippen molar-refractivity contribution < 1.29 is 29.0 Å². The van der Waals surface area contributed by atoms with Gasteiger partial charge in [-0.25, -0.2) is 9.59 Å². The molecule has 1 amide bonds. The molecule has 0 aliphatic rings. The van der Waals surface area contributed by atoms with Crippen LogP contribution < -0.4 is 15.7 Å². The number of carbonyl (C=O) groups is 2. The van der Waals surface area contributed by atoms with Crippen molar-refractivity contribution >= 4 is 18.0 Å². The Morgan fingerprint density at radius 1 is 1.22 bits per heavy atom. The van der Waals surface area contributed by atoms with Crippen LogP contribution in [0.3, 0.4) is 0 Å². The van der Waals surface area contributed by atoms with E-state index in [0.717, 1.165) is 12.0 Å². The predicted molar refractivity (Wildman–Crippen MR) is 139 cm³/mol. The van der Waals surface area contributed by atoms with Crippen LogP contribution >= 0.6 is 0 Å². The van der Waals surface area contributed by atoms with Gasteiger partial charge in [0.25, 0.3) is 0 Å². The van der Waals surface area contributed by atoms with Crippen LogP contribution in [0.15, 0.2) is 57.4 Å². The van der Waals surface area contributed by atoms with Gasteiger partial charge in [-0.2, -0.15) is 0 Å². The van der Waals surface area contributed by atoms with Gasteiger partial charge in [0.05, 0.1) is 6.61 Å². The van der Waals surface area contributed by atoms with E-state index in [2.05, 4.69) is 26.1 Å². The highest BCUT2D eigenvalue weighted by molar-refractivity contribution is 6.12. The van der Waals surface area contributed by atoms with Crippen molar-refractivity contribution in [1.82, 2.24) is 5.32 Å². The summed E-state index contributed by atoms with van der Waals surface area (Å²) in [6, 6.07) is 8.59. The minimum absolute atomic E-state index is 0.160. The summed E-state index contributed by atoms with van der Waals surface area (Å²) in [4.78, 5) is 36.0. The zero-order valence-electron chi connectivity index (χ0n) is 21.5. The van der Waals surface area contributed by atoms with E-state index in [1.165, 1.54) is 12.3 Å². The van der Waals surface area contributed by atoms with Gasteiger partial charge in [-0.3, -0.25) is 10.1 Å². The molecular formula is C28H35NO7. The van der Waals surface area contributed by atoms with Crippen LogP contribution in [-0.2, 0) is 0 Å². The first-order chi connectivity index (χ1) is 16.9. The highest BCUT2D eigenvalue weighted by Crippen LogP contribution is 2.27. The maximum absolute atomic E-state index is 13.0. The van der Waals surface area contributed by atoms with Crippen LogP contribution in [0.1, 0.15) is 81.5 Å².